The van der Waals surface area contributed by atoms with Crippen molar-refractivity contribution in [2.75, 3.05) is 6.54 Å². The van der Waals surface area contributed by atoms with E-state index in [1.807, 2.05) is 0 Å². The average molecular weight is 126 g/mol. The molecule has 1 atom stereocenters. The largest absolute Gasteiger partial charge is 0.332 e. The number of nitrogens with zero attached hydrogens (tertiary/aromatic N) is 1. The molecule has 0 saturated carbocycles. The van der Waals surface area contributed by atoms with Gasteiger partial charge < -0.3 is 4.90 Å². The van der Waals surface area contributed by atoms with Gasteiger partial charge in [0.2, 0.25) is 12.2 Å². The molecule has 0 N–H and O–H groups in total. The van der Waals surface area contributed by atoms with E-state index in [9.17, 15) is 9.59 Å². The second kappa shape index (κ2) is 2.17. The molecule has 3 heteroatoms. The first-order valence-electron chi connectivity index (χ1n) is 2.90. The maximum absolute atomic E-state index is 10.5. The van der Waals surface area contributed by atoms with Crippen LogP contribution in [0.4, 0.5) is 0 Å². The molecule has 1 heterocycles. The van der Waals surface area contributed by atoms with Gasteiger partial charge in [-0.3, -0.25) is 9.59 Å². The fourth-order valence-corrected chi connectivity index (χ4v) is 0.887. The first-order chi connectivity index (χ1) is 4.25. The van der Waals surface area contributed by atoms with Gasteiger partial charge in [-0.2, -0.15) is 0 Å². The van der Waals surface area contributed by atoms with Gasteiger partial charge in [-0.15, -0.1) is 0 Å². The Morgan fingerprint density at radius 1 is 1.78 bits per heavy atom. The molecular weight excluding hydrogens is 118 g/mol. The minimum atomic E-state index is -0.248. The molecule has 0 aliphatic carbocycles. The lowest BCUT2D eigenvalue weighted by Crippen LogP contribution is -2.50. The summed E-state index contributed by atoms with van der Waals surface area (Å²) in [5, 5.41) is 0. The fraction of sp³-hybridized carbons (Fsp3) is 0.667. The van der Waals surface area contributed by atoms with Crippen molar-refractivity contribution in [3.8, 4) is 0 Å². The standard InChI is InChI=1S/C6H8NO2/c1-5(9)7-3-2-6(7)4-8/h6H,2-3H2,1H3. The zero-order valence-corrected chi connectivity index (χ0v) is 5.26. The molecule has 1 radical (unpaired) electrons. The molecule has 0 bridgehead atoms. The quantitative estimate of drug-likeness (QED) is 0.484. The van der Waals surface area contributed by atoms with E-state index in [0.717, 1.165) is 13.0 Å². The summed E-state index contributed by atoms with van der Waals surface area (Å²) in [6.45, 7) is 2.18. The Labute approximate surface area is 53.6 Å². The second-order valence-corrected chi connectivity index (χ2v) is 2.13. The van der Waals surface area contributed by atoms with Crippen LogP contribution in [0.2, 0.25) is 0 Å². The highest BCUT2D eigenvalue weighted by molar-refractivity contribution is 5.79. The van der Waals surface area contributed by atoms with E-state index in [1.165, 1.54) is 11.8 Å². The molecule has 0 aromatic heterocycles. The summed E-state index contributed by atoms with van der Waals surface area (Å²) < 4.78 is 0. The Balaban J connectivity index is 2.44. The number of carbonyl (C=O) groups is 1. The summed E-state index contributed by atoms with van der Waals surface area (Å²) in [6, 6.07) is -0.248. The van der Waals surface area contributed by atoms with Crippen LogP contribution in [0.5, 0.6) is 0 Å². The molecule has 1 rings (SSSR count). The lowest BCUT2D eigenvalue weighted by atomic mass is 10.1. The van der Waals surface area contributed by atoms with E-state index in [0.29, 0.717) is 0 Å². The summed E-state index contributed by atoms with van der Waals surface area (Å²) in [7, 11) is 0. The SMILES string of the molecule is CC(=O)N1CCC1[C]=O. The summed E-state index contributed by atoms with van der Waals surface area (Å²) in [5.74, 6) is -0.0328. The maximum atomic E-state index is 10.5. The highest BCUT2D eigenvalue weighted by Crippen LogP contribution is 2.14. The van der Waals surface area contributed by atoms with Crippen molar-refractivity contribution >= 4 is 12.2 Å². The predicted octanol–water partition coefficient (Wildman–Crippen LogP) is -0.283. The van der Waals surface area contributed by atoms with Gasteiger partial charge in [0.25, 0.3) is 0 Å². The van der Waals surface area contributed by atoms with Crippen molar-refractivity contribution in [3.63, 3.8) is 0 Å². The van der Waals surface area contributed by atoms with Crippen LogP contribution in [0.25, 0.3) is 0 Å². The van der Waals surface area contributed by atoms with E-state index in [1.54, 1.807) is 6.29 Å². The molecule has 1 amide bonds. The minimum absolute atomic E-state index is 0.0328. The van der Waals surface area contributed by atoms with Crippen molar-refractivity contribution in [1.29, 1.82) is 0 Å². The molecule has 1 fully saturated rings. The summed E-state index contributed by atoms with van der Waals surface area (Å²) in [6.07, 6.45) is 2.57. The maximum Gasteiger partial charge on any atom is 0.223 e. The zero-order chi connectivity index (χ0) is 6.85. The molecule has 1 saturated heterocycles. The third-order valence-electron chi connectivity index (χ3n) is 1.56. The lowest BCUT2D eigenvalue weighted by Gasteiger charge is -2.35. The van der Waals surface area contributed by atoms with Gasteiger partial charge in [-0.1, -0.05) is 0 Å². The van der Waals surface area contributed by atoms with Crippen LogP contribution in [0, 0.1) is 0 Å². The molecule has 0 spiro atoms. The van der Waals surface area contributed by atoms with Crippen LogP contribution in [-0.4, -0.2) is 29.7 Å². The predicted molar refractivity (Wildman–Crippen MR) is 31.5 cm³/mol. The van der Waals surface area contributed by atoms with Crippen molar-refractivity contribution in [1.82, 2.24) is 4.90 Å². The van der Waals surface area contributed by atoms with E-state index >= 15 is 0 Å². The van der Waals surface area contributed by atoms with Crippen molar-refractivity contribution in [2.45, 2.75) is 19.4 Å². The molecule has 3 nitrogen and oxygen atoms in total. The number of rotatable bonds is 1. The third-order valence-corrected chi connectivity index (χ3v) is 1.56. The number of likely N-dealkylation sites (tertiary alicyclic amines) is 1. The summed E-state index contributed by atoms with van der Waals surface area (Å²) >= 11 is 0. The summed E-state index contributed by atoms with van der Waals surface area (Å²) in [5.41, 5.74) is 0. The van der Waals surface area contributed by atoms with Gasteiger partial charge in [0.1, 0.15) is 0 Å². The molecule has 0 aromatic carbocycles. The third kappa shape index (κ3) is 0.943. The van der Waals surface area contributed by atoms with Gasteiger partial charge in [0, 0.05) is 13.5 Å². The first-order valence-corrected chi connectivity index (χ1v) is 2.90. The summed E-state index contributed by atoms with van der Waals surface area (Å²) in [4.78, 5) is 22.0. The first kappa shape index (κ1) is 6.26. The van der Waals surface area contributed by atoms with Crippen LogP contribution in [-0.2, 0) is 9.59 Å². The zero-order valence-electron chi connectivity index (χ0n) is 5.26. The van der Waals surface area contributed by atoms with Crippen LogP contribution in [0.3, 0.4) is 0 Å². The minimum Gasteiger partial charge on any atom is -0.332 e. The number of amides is 1. The van der Waals surface area contributed by atoms with E-state index in [4.69, 9.17) is 0 Å². The number of carbonyl (C=O) groups excluding carboxylic acids is 2. The Morgan fingerprint density at radius 2 is 2.44 bits per heavy atom. The van der Waals surface area contributed by atoms with Gasteiger partial charge in [-0.25, -0.2) is 0 Å². The van der Waals surface area contributed by atoms with Crippen LogP contribution < -0.4 is 0 Å². The van der Waals surface area contributed by atoms with Crippen LogP contribution in [0.1, 0.15) is 13.3 Å². The van der Waals surface area contributed by atoms with Crippen LogP contribution in [0.15, 0.2) is 0 Å². The highest BCUT2D eigenvalue weighted by atomic mass is 16.2. The Kier molecular flexibility index (Phi) is 1.51. The molecule has 49 valence electrons. The van der Waals surface area contributed by atoms with Gasteiger partial charge in [0.05, 0.1) is 6.04 Å². The van der Waals surface area contributed by atoms with E-state index in [2.05, 4.69) is 0 Å². The molecule has 1 unspecified atom stereocenters. The Morgan fingerprint density at radius 3 is 2.56 bits per heavy atom. The van der Waals surface area contributed by atoms with Crippen LogP contribution >= 0.6 is 0 Å². The van der Waals surface area contributed by atoms with Gasteiger partial charge in [0.15, 0.2) is 0 Å². The molecular formula is C6H8NO2. The normalized spacial score (nSPS) is 25.0. The average Bonchev–Trinajstić information content (AvgIpc) is 1.61. The van der Waals surface area contributed by atoms with Gasteiger partial charge >= 0.3 is 0 Å². The van der Waals surface area contributed by atoms with Gasteiger partial charge in [-0.05, 0) is 6.42 Å². The van der Waals surface area contributed by atoms with E-state index in [-0.39, 0.29) is 11.9 Å². The van der Waals surface area contributed by atoms with Crippen molar-refractivity contribution < 1.29 is 9.59 Å². The van der Waals surface area contributed by atoms with Crippen molar-refractivity contribution in [3.05, 3.63) is 0 Å². The highest BCUT2D eigenvalue weighted by Gasteiger charge is 2.29. The topological polar surface area (TPSA) is 37.4 Å². The lowest BCUT2D eigenvalue weighted by molar-refractivity contribution is -0.134. The smallest absolute Gasteiger partial charge is 0.223 e. The molecule has 1 aliphatic rings. The number of hydrogen-bond acceptors (Lipinski definition) is 2. The van der Waals surface area contributed by atoms with Crippen molar-refractivity contribution in [2.24, 2.45) is 0 Å². The Hall–Kier alpha value is -0.860. The monoisotopic (exact) mass is 126 g/mol. The molecule has 1 aliphatic heterocycles. The molecule has 9 heavy (non-hydrogen) atoms. The number of hydrogen-bond donors (Lipinski definition) is 0. The Bertz CT molecular complexity index is 144. The second-order valence-electron chi connectivity index (χ2n) is 2.13. The van der Waals surface area contributed by atoms with E-state index < -0.39 is 0 Å². The molecule has 0 aromatic rings. The fourth-order valence-electron chi connectivity index (χ4n) is 0.887.